The largest absolute Gasteiger partial charge is 0.478 e. The zero-order valence-corrected chi connectivity index (χ0v) is 13.2. The van der Waals surface area contributed by atoms with E-state index in [1.807, 2.05) is 6.07 Å². The summed E-state index contributed by atoms with van der Waals surface area (Å²) in [6.07, 6.45) is 3.64. The van der Waals surface area contributed by atoms with Crippen LogP contribution in [0.2, 0.25) is 0 Å². The number of nitrogens with zero attached hydrogens (tertiary/aromatic N) is 1. The second kappa shape index (κ2) is 4.87. The molecule has 0 aromatic carbocycles. The Labute approximate surface area is 121 Å². The molecule has 0 amide bonds. The first-order valence-electron chi connectivity index (χ1n) is 7.43. The Morgan fingerprint density at radius 1 is 1.35 bits per heavy atom. The Morgan fingerprint density at radius 2 is 2.00 bits per heavy atom. The van der Waals surface area contributed by atoms with E-state index in [0.717, 1.165) is 42.6 Å². The second-order valence-corrected chi connectivity index (χ2v) is 7.43. The predicted octanol–water partition coefficient (Wildman–Crippen LogP) is 3.98. The molecule has 0 aliphatic heterocycles. The van der Waals surface area contributed by atoms with E-state index in [9.17, 15) is 9.90 Å². The van der Waals surface area contributed by atoms with Crippen LogP contribution in [0.5, 0.6) is 0 Å². The fourth-order valence-corrected chi connectivity index (χ4v) is 3.73. The van der Waals surface area contributed by atoms with Gasteiger partial charge in [-0.1, -0.05) is 41.0 Å². The first-order chi connectivity index (χ1) is 9.16. The standard InChI is InChI=1S/C17H25NO2/c1-6-7-13-11(15(19)20)8-12-14(18-13)9-16(2,3)10-17(12,4)5/h8H,6-7,9-10H2,1-5H3,(H,19,20). The van der Waals surface area contributed by atoms with E-state index >= 15 is 0 Å². The summed E-state index contributed by atoms with van der Waals surface area (Å²) in [4.78, 5) is 16.2. The predicted molar refractivity (Wildman–Crippen MR) is 80.3 cm³/mol. The van der Waals surface area contributed by atoms with E-state index in [2.05, 4.69) is 34.6 Å². The highest BCUT2D eigenvalue weighted by atomic mass is 16.4. The normalized spacial score (nSPS) is 19.4. The summed E-state index contributed by atoms with van der Waals surface area (Å²) in [5.41, 5.74) is 3.55. The zero-order valence-electron chi connectivity index (χ0n) is 13.2. The summed E-state index contributed by atoms with van der Waals surface area (Å²) < 4.78 is 0. The monoisotopic (exact) mass is 275 g/mol. The molecule has 1 aromatic heterocycles. The Kier molecular flexibility index (Phi) is 3.66. The Bertz CT molecular complexity index is 544. The number of carboxylic acids is 1. The number of carboxylic acid groups (broad SMARTS) is 1. The van der Waals surface area contributed by atoms with Crippen molar-refractivity contribution in [1.82, 2.24) is 4.98 Å². The topological polar surface area (TPSA) is 50.2 Å². The molecule has 0 unspecified atom stereocenters. The van der Waals surface area contributed by atoms with E-state index in [1.165, 1.54) is 0 Å². The molecule has 1 N–H and O–H groups in total. The Balaban J connectivity index is 2.61. The van der Waals surface area contributed by atoms with Gasteiger partial charge in [0, 0.05) is 5.69 Å². The van der Waals surface area contributed by atoms with Crippen molar-refractivity contribution in [1.29, 1.82) is 0 Å². The first-order valence-corrected chi connectivity index (χ1v) is 7.43. The van der Waals surface area contributed by atoms with Crippen LogP contribution >= 0.6 is 0 Å². The van der Waals surface area contributed by atoms with Crippen LogP contribution in [0.1, 0.15) is 74.8 Å². The average molecular weight is 275 g/mol. The Hall–Kier alpha value is -1.38. The highest BCUT2D eigenvalue weighted by Crippen LogP contribution is 2.45. The lowest BCUT2D eigenvalue weighted by Gasteiger charge is -2.42. The molecule has 0 radical (unpaired) electrons. The molecule has 1 aromatic rings. The van der Waals surface area contributed by atoms with Gasteiger partial charge in [-0.15, -0.1) is 0 Å². The molecule has 0 spiro atoms. The SMILES string of the molecule is CCCc1nc2c(cc1C(=O)O)C(C)(C)CC(C)(C)C2. The minimum Gasteiger partial charge on any atom is -0.478 e. The second-order valence-electron chi connectivity index (χ2n) is 7.43. The number of pyridine rings is 1. The molecule has 1 heterocycles. The van der Waals surface area contributed by atoms with Gasteiger partial charge in [0.15, 0.2) is 0 Å². The van der Waals surface area contributed by atoms with Gasteiger partial charge in [-0.3, -0.25) is 4.98 Å². The van der Waals surface area contributed by atoms with Crippen LogP contribution in [0.3, 0.4) is 0 Å². The zero-order chi connectivity index (χ0) is 15.1. The molecule has 3 nitrogen and oxygen atoms in total. The maximum Gasteiger partial charge on any atom is 0.337 e. The quantitative estimate of drug-likeness (QED) is 0.907. The van der Waals surface area contributed by atoms with Crippen molar-refractivity contribution in [3.05, 3.63) is 28.6 Å². The molecule has 1 aliphatic rings. The highest BCUT2D eigenvalue weighted by Gasteiger charge is 2.39. The van der Waals surface area contributed by atoms with E-state index in [4.69, 9.17) is 4.98 Å². The minimum atomic E-state index is -0.857. The van der Waals surface area contributed by atoms with Crippen LogP contribution in [-0.4, -0.2) is 16.1 Å². The molecular weight excluding hydrogens is 250 g/mol. The summed E-state index contributed by atoms with van der Waals surface area (Å²) >= 11 is 0. The van der Waals surface area contributed by atoms with Gasteiger partial charge in [0.05, 0.1) is 11.3 Å². The molecule has 0 atom stereocenters. The maximum atomic E-state index is 11.5. The van der Waals surface area contributed by atoms with E-state index < -0.39 is 5.97 Å². The number of carbonyl (C=O) groups is 1. The van der Waals surface area contributed by atoms with Gasteiger partial charge in [-0.25, -0.2) is 4.79 Å². The van der Waals surface area contributed by atoms with Crippen molar-refractivity contribution in [3.63, 3.8) is 0 Å². The van der Waals surface area contributed by atoms with Crippen LogP contribution < -0.4 is 0 Å². The molecule has 20 heavy (non-hydrogen) atoms. The highest BCUT2D eigenvalue weighted by molar-refractivity contribution is 5.89. The number of fused-ring (bicyclic) bond motifs is 1. The minimum absolute atomic E-state index is 0.0149. The number of aryl methyl sites for hydroxylation is 1. The maximum absolute atomic E-state index is 11.5. The van der Waals surface area contributed by atoms with Crippen molar-refractivity contribution >= 4 is 5.97 Å². The number of aromatic nitrogens is 1. The van der Waals surface area contributed by atoms with Gasteiger partial charge in [0.1, 0.15) is 0 Å². The van der Waals surface area contributed by atoms with E-state index in [1.54, 1.807) is 0 Å². The molecule has 3 heteroatoms. The lowest BCUT2D eigenvalue weighted by atomic mass is 9.63. The van der Waals surface area contributed by atoms with Gasteiger partial charge in [0.2, 0.25) is 0 Å². The van der Waals surface area contributed by atoms with E-state index in [-0.39, 0.29) is 10.8 Å². The molecule has 0 saturated carbocycles. The van der Waals surface area contributed by atoms with Crippen LogP contribution in [-0.2, 0) is 18.3 Å². The van der Waals surface area contributed by atoms with Crippen molar-refractivity contribution in [2.75, 3.05) is 0 Å². The van der Waals surface area contributed by atoms with Crippen molar-refractivity contribution < 1.29 is 9.90 Å². The molecular formula is C17H25NO2. The van der Waals surface area contributed by atoms with Crippen LogP contribution in [0.4, 0.5) is 0 Å². The van der Waals surface area contributed by atoms with Crippen molar-refractivity contribution in [3.8, 4) is 0 Å². The van der Waals surface area contributed by atoms with Gasteiger partial charge < -0.3 is 5.11 Å². The molecule has 2 rings (SSSR count). The summed E-state index contributed by atoms with van der Waals surface area (Å²) in [7, 11) is 0. The third kappa shape index (κ3) is 2.72. The van der Waals surface area contributed by atoms with Crippen LogP contribution in [0, 0.1) is 5.41 Å². The smallest absolute Gasteiger partial charge is 0.337 e. The summed E-state index contributed by atoms with van der Waals surface area (Å²) in [5, 5.41) is 9.43. The van der Waals surface area contributed by atoms with Crippen LogP contribution in [0.25, 0.3) is 0 Å². The summed E-state index contributed by atoms with van der Waals surface area (Å²) in [6, 6.07) is 1.88. The van der Waals surface area contributed by atoms with Gasteiger partial charge in [-0.2, -0.15) is 0 Å². The fraction of sp³-hybridized carbons (Fsp3) is 0.647. The molecule has 0 bridgehead atoms. The molecule has 1 aliphatic carbocycles. The molecule has 0 fully saturated rings. The van der Waals surface area contributed by atoms with E-state index in [0.29, 0.717) is 5.56 Å². The van der Waals surface area contributed by atoms with Gasteiger partial charge in [-0.05, 0) is 41.7 Å². The van der Waals surface area contributed by atoms with Gasteiger partial charge in [0.25, 0.3) is 0 Å². The number of hydrogen-bond acceptors (Lipinski definition) is 2. The van der Waals surface area contributed by atoms with Crippen molar-refractivity contribution in [2.45, 2.75) is 65.7 Å². The van der Waals surface area contributed by atoms with Crippen molar-refractivity contribution in [2.24, 2.45) is 5.41 Å². The van der Waals surface area contributed by atoms with Gasteiger partial charge >= 0.3 is 5.97 Å². The first kappa shape index (κ1) is 15.0. The number of rotatable bonds is 3. The fourth-order valence-electron chi connectivity index (χ4n) is 3.73. The number of aromatic carboxylic acids is 1. The van der Waals surface area contributed by atoms with Crippen LogP contribution in [0.15, 0.2) is 6.07 Å². The molecule has 110 valence electrons. The Morgan fingerprint density at radius 3 is 2.55 bits per heavy atom. The average Bonchev–Trinajstić information content (AvgIpc) is 2.25. The summed E-state index contributed by atoms with van der Waals surface area (Å²) in [5.74, 6) is -0.857. The third-order valence-corrected chi connectivity index (χ3v) is 4.19. The third-order valence-electron chi connectivity index (χ3n) is 4.19. The molecule has 0 saturated heterocycles. The summed E-state index contributed by atoms with van der Waals surface area (Å²) in [6.45, 7) is 11.0. The lowest BCUT2D eigenvalue weighted by Crippen LogP contribution is -2.36. The lowest BCUT2D eigenvalue weighted by molar-refractivity contribution is 0.0694. The number of hydrogen-bond donors (Lipinski definition) is 1.